The average Bonchev–Trinajstić information content (AvgIpc) is 3.41. The summed E-state index contributed by atoms with van der Waals surface area (Å²) in [5.74, 6) is 2.22. The number of rotatable bonds is 3. The summed E-state index contributed by atoms with van der Waals surface area (Å²) in [4.78, 5) is 15.1. The maximum atomic E-state index is 8.49. The monoisotopic (exact) mass is 385 g/mol. The molecular formula is C20H19N9. The Balaban J connectivity index is 0.000000145. The molecule has 0 radical (unpaired) electrons. The number of nitrogens with zero attached hydrogens (tertiary/aromatic N) is 6. The van der Waals surface area contributed by atoms with E-state index in [1.165, 1.54) is 11.1 Å². The van der Waals surface area contributed by atoms with Gasteiger partial charge in [0.25, 0.3) is 0 Å². The first-order valence-electron chi connectivity index (χ1n) is 9.10. The summed E-state index contributed by atoms with van der Waals surface area (Å²) in [5, 5.41) is 22.2. The Labute approximate surface area is 166 Å². The molecule has 5 rings (SSSR count). The Kier molecular flexibility index (Phi) is 4.99. The zero-order valence-electron chi connectivity index (χ0n) is 16.1. The van der Waals surface area contributed by atoms with Crippen LogP contribution in [0.5, 0.6) is 0 Å². The summed E-state index contributed by atoms with van der Waals surface area (Å²) < 4.78 is 0. The average molecular weight is 385 g/mol. The van der Waals surface area contributed by atoms with Crippen LogP contribution in [0.15, 0.2) is 36.4 Å². The van der Waals surface area contributed by atoms with Gasteiger partial charge in [0, 0.05) is 0 Å². The van der Waals surface area contributed by atoms with Crippen molar-refractivity contribution in [1.82, 2.24) is 40.6 Å². The number of aromatic nitrogens is 8. The van der Waals surface area contributed by atoms with E-state index in [9.17, 15) is 0 Å². The Bertz CT molecular complexity index is 1290. The normalized spacial score (nSPS) is 10.7. The van der Waals surface area contributed by atoms with E-state index in [0.717, 1.165) is 33.7 Å². The molecule has 0 aliphatic carbocycles. The number of fused-ring (bicyclic) bond motifs is 2. The van der Waals surface area contributed by atoms with Crippen molar-refractivity contribution >= 4 is 22.1 Å². The first kappa shape index (κ1) is 18.3. The van der Waals surface area contributed by atoms with Crippen LogP contribution in [-0.4, -0.2) is 40.6 Å². The molecule has 0 saturated heterocycles. The third-order valence-electron chi connectivity index (χ3n) is 4.33. The Morgan fingerprint density at radius 1 is 0.897 bits per heavy atom. The van der Waals surface area contributed by atoms with Crippen molar-refractivity contribution < 1.29 is 0 Å². The first-order valence-corrected chi connectivity index (χ1v) is 9.10. The lowest BCUT2D eigenvalue weighted by atomic mass is 10.2. The molecule has 3 aromatic heterocycles. The van der Waals surface area contributed by atoms with Crippen LogP contribution in [0.4, 0.5) is 0 Å². The number of nitrogens with one attached hydrogen (secondary N) is 3. The van der Waals surface area contributed by atoms with Gasteiger partial charge in [0.1, 0.15) is 11.6 Å². The van der Waals surface area contributed by atoms with E-state index in [-0.39, 0.29) is 0 Å². The molecule has 2 aromatic carbocycles. The van der Waals surface area contributed by atoms with Gasteiger partial charge in [-0.2, -0.15) is 10.5 Å². The molecule has 29 heavy (non-hydrogen) atoms. The maximum Gasteiger partial charge on any atom is 0.182 e. The van der Waals surface area contributed by atoms with Gasteiger partial charge in [-0.1, -0.05) is 17.3 Å². The van der Waals surface area contributed by atoms with E-state index in [1.807, 2.05) is 37.3 Å². The maximum absolute atomic E-state index is 8.49. The fraction of sp³-hybridized carbons (Fsp3) is 0.200. The smallest absolute Gasteiger partial charge is 0.182 e. The van der Waals surface area contributed by atoms with Gasteiger partial charge < -0.3 is 9.97 Å². The molecule has 0 fully saturated rings. The number of aromatic amines is 3. The molecule has 9 heteroatoms. The molecule has 0 spiro atoms. The van der Waals surface area contributed by atoms with Gasteiger partial charge >= 0.3 is 0 Å². The van der Waals surface area contributed by atoms with Gasteiger partial charge in [0.05, 0.1) is 41.0 Å². The Morgan fingerprint density at radius 3 is 2.10 bits per heavy atom. The summed E-state index contributed by atoms with van der Waals surface area (Å²) in [5.41, 5.74) is 6.34. The molecule has 0 aliphatic heterocycles. The van der Waals surface area contributed by atoms with E-state index in [4.69, 9.17) is 5.26 Å². The Hall–Kier alpha value is -4.06. The fourth-order valence-corrected chi connectivity index (χ4v) is 3.00. The number of H-pyrrole nitrogens is 3. The van der Waals surface area contributed by atoms with Crippen molar-refractivity contribution in [3.63, 3.8) is 0 Å². The van der Waals surface area contributed by atoms with Gasteiger partial charge in [-0.05, 0) is 49.2 Å². The SMILES string of the molecule is Cc1ccc2nc(CC#N)[nH]c2c1.Cc1ccc2nc(Cc3nn[nH]n3)[nH]c2c1. The molecule has 9 nitrogen and oxygen atoms in total. The molecule has 5 aromatic rings. The number of tetrazole rings is 1. The van der Waals surface area contributed by atoms with Gasteiger partial charge in [0.2, 0.25) is 0 Å². The second-order valence-electron chi connectivity index (χ2n) is 6.75. The second-order valence-corrected chi connectivity index (χ2v) is 6.75. The molecule has 0 saturated carbocycles. The minimum Gasteiger partial charge on any atom is -0.342 e. The number of hydrogen-bond donors (Lipinski definition) is 3. The quantitative estimate of drug-likeness (QED) is 0.437. The highest BCUT2D eigenvalue weighted by molar-refractivity contribution is 5.76. The molecule has 0 amide bonds. The van der Waals surface area contributed by atoms with Crippen LogP contribution >= 0.6 is 0 Å². The van der Waals surface area contributed by atoms with Crippen LogP contribution in [0.1, 0.15) is 28.6 Å². The van der Waals surface area contributed by atoms with Crippen molar-refractivity contribution in [1.29, 1.82) is 5.26 Å². The van der Waals surface area contributed by atoms with Crippen molar-refractivity contribution in [2.75, 3.05) is 0 Å². The molecule has 0 atom stereocenters. The molecule has 3 N–H and O–H groups in total. The molecule has 0 aliphatic rings. The van der Waals surface area contributed by atoms with Crippen LogP contribution < -0.4 is 0 Å². The van der Waals surface area contributed by atoms with Gasteiger partial charge in [-0.3, -0.25) is 0 Å². The second kappa shape index (κ2) is 7.90. The lowest BCUT2D eigenvalue weighted by Gasteiger charge is -1.89. The van der Waals surface area contributed by atoms with Crippen LogP contribution in [0.2, 0.25) is 0 Å². The van der Waals surface area contributed by atoms with Gasteiger partial charge in [0.15, 0.2) is 5.82 Å². The minimum absolute atomic E-state index is 0.341. The van der Waals surface area contributed by atoms with Gasteiger partial charge in [-0.25, -0.2) is 9.97 Å². The fourth-order valence-electron chi connectivity index (χ4n) is 3.00. The highest BCUT2D eigenvalue weighted by Gasteiger charge is 2.06. The third kappa shape index (κ3) is 4.27. The molecule has 144 valence electrons. The number of benzene rings is 2. The van der Waals surface area contributed by atoms with E-state index in [0.29, 0.717) is 18.7 Å². The summed E-state index contributed by atoms with van der Waals surface area (Å²) in [6, 6.07) is 14.2. The standard InChI is InChI=1S/C10H10N6.C10H9N3/c1-6-2-3-7-8(4-6)12-9(11-7)5-10-13-15-16-14-10;1-7-2-3-8-9(6-7)13-10(12-8)4-5-11/h2-4H,5H2,1H3,(H,11,12)(H,13,14,15,16);2-3,6H,4H2,1H3,(H,12,13). The minimum atomic E-state index is 0.341. The van der Waals surface area contributed by atoms with E-state index >= 15 is 0 Å². The largest absolute Gasteiger partial charge is 0.342 e. The number of nitriles is 1. The highest BCUT2D eigenvalue weighted by atomic mass is 15.5. The lowest BCUT2D eigenvalue weighted by molar-refractivity contribution is 0.881. The zero-order valence-corrected chi connectivity index (χ0v) is 16.1. The predicted molar refractivity (Wildman–Crippen MR) is 108 cm³/mol. The van der Waals surface area contributed by atoms with Crippen LogP contribution in [-0.2, 0) is 12.8 Å². The van der Waals surface area contributed by atoms with Crippen molar-refractivity contribution in [3.05, 3.63) is 65.0 Å². The number of aryl methyl sites for hydroxylation is 2. The molecule has 0 bridgehead atoms. The zero-order chi connectivity index (χ0) is 20.2. The predicted octanol–water partition coefficient (Wildman–Crippen LogP) is 2.91. The number of imidazole rings is 2. The topological polar surface area (TPSA) is 136 Å². The van der Waals surface area contributed by atoms with E-state index in [1.54, 1.807) is 0 Å². The van der Waals surface area contributed by atoms with Crippen molar-refractivity contribution in [2.45, 2.75) is 26.7 Å². The third-order valence-corrected chi connectivity index (χ3v) is 4.33. The summed E-state index contributed by atoms with van der Waals surface area (Å²) in [6.45, 7) is 4.09. The number of hydrogen-bond acceptors (Lipinski definition) is 6. The van der Waals surface area contributed by atoms with Crippen molar-refractivity contribution in [2.24, 2.45) is 0 Å². The van der Waals surface area contributed by atoms with Crippen molar-refractivity contribution in [3.8, 4) is 6.07 Å². The van der Waals surface area contributed by atoms with E-state index in [2.05, 4.69) is 59.6 Å². The van der Waals surface area contributed by atoms with Crippen LogP contribution in [0.25, 0.3) is 22.1 Å². The van der Waals surface area contributed by atoms with Crippen LogP contribution in [0.3, 0.4) is 0 Å². The van der Waals surface area contributed by atoms with Crippen LogP contribution in [0, 0.1) is 25.2 Å². The first-order chi connectivity index (χ1) is 14.1. The van der Waals surface area contributed by atoms with E-state index < -0.39 is 0 Å². The molecular weight excluding hydrogens is 366 g/mol. The Morgan fingerprint density at radius 2 is 1.52 bits per heavy atom. The highest BCUT2D eigenvalue weighted by Crippen LogP contribution is 2.14. The summed E-state index contributed by atoms with van der Waals surface area (Å²) in [6.07, 6.45) is 0.901. The summed E-state index contributed by atoms with van der Waals surface area (Å²) >= 11 is 0. The lowest BCUT2D eigenvalue weighted by Crippen LogP contribution is -1.93. The molecule has 3 heterocycles. The van der Waals surface area contributed by atoms with Gasteiger partial charge in [-0.15, -0.1) is 10.2 Å². The molecule has 0 unspecified atom stereocenters. The summed E-state index contributed by atoms with van der Waals surface area (Å²) in [7, 11) is 0.